The van der Waals surface area contributed by atoms with Crippen molar-refractivity contribution < 1.29 is 0 Å². The summed E-state index contributed by atoms with van der Waals surface area (Å²) in [6, 6.07) is 6.19. The van der Waals surface area contributed by atoms with E-state index in [0.29, 0.717) is 12.5 Å². The van der Waals surface area contributed by atoms with E-state index in [-0.39, 0.29) is 6.04 Å². The van der Waals surface area contributed by atoms with Gasteiger partial charge in [0.05, 0.1) is 11.7 Å². The molecular formula is C10H17N3. The number of aromatic nitrogens is 1. The van der Waals surface area contributed by atoms with Gasteiger partial charge in [0.2, 0.25) is 0 Å². The van der Waals surface area contributed by atoms with E-state index in [9.17, 15) is 0 Å². The molecule has 0 aromatic carbocycles. The fourth-order valence-corrected chi connectivity index (χ4v) is 1.42. The maximum atomic E-state index is 5.62. The van der Waals surface area contributed by atoms with Crippen LogP contribution in [0.25, 0.3) is 0 Å². The fourth-order valence-electron chi connectivity index (χ4n) is 1.42. The Bertz CT molecular complexity index is 235. The summed E-state index contributed by atoms with van der Waals surface area (Å²) in [6.45, 7) is 2.79. The van der Waals surface area contributed by atoms with E-state index in [2.05, 4.69) is 17.2 Å². The SMILES string of the molecule is CNC(c1ccccn1)C(C)CN. The number of nitrogens with one attached hydrogen (secondary N) is 1. The molecule has 0 spiro atoms. The van der Waals surface area contributed by atoms with E-state index in [4.69, 9.17) is 5.73 Å². The second-order valence-electron chi connectivity index (χ2n) is 3.23. The first-order chi connectivity index (χ1) is 6.29. The molecule has 0 saturated carbocycles. The molecule has 0 saturated heterocycles. The maximum absolute atomic E-state index is 5.62. The predicted molar refractivity (Wildman–Crippen MR) is 54.3 cm³/mol. The van der Waals surface area contributed by atoms with Crippen molar-refractivity contribution in [1.82, 2.24) is 10.3 Å². The van der Waals surface area contributed by atoms with Gasteiger partial charge < -0.3 is 11.1 Å². The molecule has 2 unspecified atom stereocenters. The molecule has 0 bridgehead atoms. The summed E-state index contributed by atoms with van der Waals surface area (Å²) in [7, 11) is 1.94. The summed E-state index contributed by atoms with van der Waals surface area (Å²) in [5.74, 6) is 0.403. The minimum Gasteiger partial charge on any atom is -0.330 e. The monoisotopic (exact) mass is 179 g/mol. The van der Waals surface area contributed by atoms with Crippen LogP contribution in [0, 0.1) is 5.92 Å². The largest absolute Gasteiger partial charge is 0.330 e. The fraction of sp³-hybridized carbons (Fsp3) is 0.500. The highest BCUT2D eigenvalue weighted by atomic mass is 14.9. The van der Waals surface area contributed by atoms with Gasteiger partial charge in [-0.05, 0) is 31.6 Å². The molecule has 0 fully saturated rings. The van der Waals surface area contributed by atoms with Crippen LogP contribution in [0.3, 0.4) is 0 Å². The normalized spacial score (nSPS) is 15.3. The Morgan fingerprint density at radius 1 is 1.54 bits per heavy atom. The summed E-state index contributed by atoms with van der Waals surface area (Å²) < 4.78 is 0. The average Bonchev–Trinajstić information content (AvgIpc) is 2.20. The van der Waals surface area contributed by atoms with Crippen LogP contribution in [-0.4, -0.2) is 18.6 Å². The Labute approximate surface area is 79.4 Å². The standard InChI is InChI=1S/C10H17N3/c1-8(7-11)10(12-2)9-5-3-4-6-13-9/h3-6,8,10,12H,7,11H2,1-2H3. The first kappa shape index (κ1) is 10.2. The zero-order valence-corrected chi connectivity index (χ0v) is 8.20. The Balaban J connectivity index is 2.78. The van der Waals surface area contributed by atoms with E-state index >= 15 is 0 Å². The minimum atomic E-state index is 0.256. The minimum absolute atomic E-state index is 0.256. The third-order valence-corrected chi connectivity index (χ3v) is 2.26. The highest BCUT2D eigenvalue weighted by molar-refractivity contribution is 5.09. The lowest BCUT2D eigenvalue weighted by Crippen LogP contribution is -2.29. The molecule has 0 aliphatic rings. The van der Waals surface area contributed by atoms with Crippen molar-refractivity contribution in [2.24, 2.45) is 11.7 Å². The molecular weight excluding hydrogens is 162 g/mol. The summed E-state index contributed by atoms with van der Waals surface area (Å²) in [4.78, 5) is 4.30. The van der Waals surface area contributed by atoms with Crippen molar-refractivity contribution in [1.29, 1.82) is 0 Å². The van der Waals surface area contributed by atoms with E-state index in [1.165, 1.54) is 0 Å². The molecule has 13 heavy (non-hydrogen) atoms. The van der Waals surface area contributed by atoms with Gasteiger partial charge in [0.1, 0.15) is 0 Å². The van der Waals surface area contributed by atoms with Gasteiger partial charge in [-0.15, -0.1) is 0 Å². The molecule has 1 aromatic rings. The van der Waals surface area contributed by atoms with Crippen LogP contribution in [0.2, 0.25) is 0 Å². The molecule has 0 radical (unpaired) electrons. The molecule has 3 heteroatoms. The molecule has 0 aliphatic heterocycles. The summed E-state index contributed by atoms with van der Waals surface area (Å²) >= 11 is 0. The number of pyridine rings is 1. The molecule has 1 heterocycles. The number of hydrogen-bond donors (Lipinski definition) is 2. The number of hydrogen-bond acceptors (Lipinski definition) is 3. The van der Waals surface area contributed by atoms with Crippen molar-refractivity contribution in [2.75, 3.05) is 13.6 Å². The predicted octanol–water partition coefficient (Wildman–Crippen LogP) is 0.937. The van der Waals surface area contributed by atoms with Crippen LogP contribution in [0.1, 0.15) is 18.7 Å². The van der Waals surface area contributed by atoms with Crippen LogP contribution < -0.4 is 11.1 Å². The number of rotatable bonds is 4. The summed E-state index contributed by atoms with van der Waals surface area (Å²) in [5.41, 5.74) is 6.68. The number of nitrogens with two attached hydrogens (primary N) is 1. The van der Waals surface area contributed by atoms with Gasteiger partial charge in [0.25, 0.3) is 0 Å². The zero-order valence-electron chi connectivity index (χ0n) is 8.20. The van der Waals surface area contributed by atoms with Gasteiger partial charge in [-0.2, -0.15) is 0 Å². The van der Waals surface area contributed by atoms with E-state index in [0.717, 1.165) is 5.69 Å². The quantitative estimate of drug-likeness (QED) is 0.723. The van der Waals surface area contributed by atoms with Crippen LogP contribution in [-0.2, 0) is 0 Å². The van der Waals surface area contributed by atoms with Crippen LogP contribution in [0.15, 0.2) is 24.4 Å². The molecule has 0 aliphatic carbocycles. The van der Waals surface area contributed by atoms with E-state index in [1.54, 1.807) is 0 Å². The maximum Gasteiger partial charge on any atom is 0.0576 e. The molecule has 1 rings (SSSR count). The topological polar surface area (TPSA) is 50.9 Å². The van der Waals surface area contributed by atoms with Gasteiger partial charge >= 0.3 is 0 Å². The van der Waals surface area contributed by atoms with Gasteiger partial charge in [-0.3, -0.25) is 4.98 Å². The highest BCUT2D eigenvalue weighted by Gasteiger charge is 2.16. The second-order valence-corrected chi connectivity index (χ2v) is 3.23. The second kappa shape index (κ2) is 4.94. The summed E-state index contributed by atoms with van der Waals surface area (Å²) in [6.07, 6.45) is 1.81. The zero-order chi connectivity index (χ0) is 9.68. The molecule has 3 nitrogen and oxygen atoms in total. The van der Waals surface area contributed by atoms with Gasteiger partial charge in [-0.1, -0.05) is 13.0 Å². The average molecular weight is 179 g/mol. The first-order valence-electron chi connectivity index (χ1n) is 4.58. The Morgan fingerprint density at radius 3 is 2.77 bits per heavy atom. The molecule has 2 atom stereocenters. The molecule has 1 aromatic heterocycles. The Kier molecular flexibility index (Phi) is 3.86. The smallest absolute Gasteiger partial charge is 0.0576 e. The van der Waals surface area contributed by atoms with Gasteiger partial charge in [-0.25, -0.2) is 0 Å². The highest BCUT2D eigenvalue weighted by Crippen LogP contribution is 2.17. The van der Waals surface area contributed by atoms with Crippen molar-refractivity contribution in [3.05, 3.63) is 30.1 Å². The molecule has 3 N–H and O–H groups in total. The van der Waals surface area contributed by atoms with Crippen LogP contribution >= 0.6 is 0 Å². The molecule has 0 amide bonds. The van der Waals surface area contributed by atoms with Gasteiger partial charge in [0, 0.05) is 6.20 Å². The van der Waals surface area contributed by atoms with E-state index in [1.807, 2.05) is 31.4 Å². The molecule has 72 valence electrons. The van der Waals surface area contributed by atoms with Crippen LogP contribution in [0.4, 0.5) is 0 Å². The number of nitrogens with zero attached hydrogens (tertiary/aromatic N) is 1. The summed E-state index contributed by atoms with van der Waals surface area (Å²) in [5, 5.41) is 3.23. The van der Waals surface area contributed by atoms with E-state index < -0.39 is 0 Å². The first-order valence-corrected chi connectivity index (χ1v) is 4.58. The Morgan fingerprint density at radius 2 is 2.31 bits per heavy atom. The van der Waals surface area contributed by atoms with Crippen molar-refractivity contribution in [2.45, 2.75) is 13.0 Å². The van der Waals surface area contributed by atoms with Crippen molar-refractivity contribution >= 4 is 0 Å². The lowest BCUT2D eigenvalue weighted by atomic mass is 9.99. The third kappa shape index (κ3) is 2.50. The lowest BCUT2D eigenvalue weighted by Gasteiger charge is -2.21. The van der Waals surface area contributed by atoms with Crippen molar-refractivity contribution in [3.8, 4) is 0 Å². The Hall–Kier alpha value is -0.930. The lowest BCUT2D eigenvalue weighted by molar-refractivity contribution is 0.411. The van der Waals surface area contributed by atoms with Crippen molar-refractivity contribution in [3.63, 3.8) is 0 Å². The van der Waals surface area contributed by atoms with Crippen LogP contribution in [0.5, 0.6) is 0 Å². The third-order valence-electron chi connectivity index (χ3n) is 2.26. The van der Waals surface area contributed by atoms with Gasteiger partial charge in [0.15, 0.2) is 0 Å².